The van der Waals surface area contributed by atoms with Crippen molar-refractivity contribution in [2.45, 2.75) is 76.0 Å². The van der Waals surface area contributed by atoms with Gasteiger partial charge in [0.25, 0.3) is 0 Å². The molecular formula is C15H22O4. The van der Waals surface area contributed by atoms with Crippen LogP contribution in [0.1, 0.15) is 46.0 Å². The molecule has 0 aromatic heterocycles. The molecule has 2 aliphatic carbocycles. The molecule has 4 heteroatoms. The molecule has 2 heterocycles. The van der Waals surface area contributed by atoms with Crippen molar-refractivity contribution in [2.75, 3.05) is 0 Å². The minimum atomic E-state index is -0.0220. The monoisotopic (exact) mass is 266 g/mol. The minimum absolute atomic E-state index is 0.00637. The molecule has 2 saturated heterocycles. The molecule has 4 rings (SSSR count). The number of hydrogen-bond acceptors (Lipinski definition) is 4. The zero-order valence-electron chi connectivity index (χ0n) is 11.6. The largest absolute Gasteiger partial charge is 0.459 e. The van der Waals surface area contributed by atoms with Crippen molar-refractivity contribution in [3.8, 4) is 0 Å². The van der Waals surface area contributed by atoms with E-state index in [4.69, 9.17) is 14.2 Å². The third kappa shape index (κ3) is 2.00. The topological polar surface area (TPSA) is 51.4 Å². The zero-order chi connectivity index (χ0) is 13.2. The standard InChI is InChI=1S/C15H22O4/c1-8-7-15(2)12(19-15)6-9(8)14(16)18-11-5-3-4-10-13(11)17-10/h8-13H,3-7H2,1-2H3. The molecule has 0 spiro atoms. The van der Waals surface area contributed by atoms with E-state index in [1.165, 1.54) is 0 Å². The van der Waals surface area contributed by atoms with E-state index in [1.807, 2.05) is 0 Å². The van der Waals surface area contributed by atoms with Gasteiger partial charge in [0, 0.05) is 0 Å². The fourth-order valence-electron chi connectivity index (χ4n) is 4.10. The molecule has 4 fully saturated rings. The molecule has 19 heavy (non-hydrogen) atoms. The van der Waals surface area contributed by atoms with Gasteiger partial charge in [0.1, 0.15) is 12.2 Å². The van der Waals surface area contributed by atoms with Crippen LogP contribution in [-0.2, 0) is 19.0 Å². The van der Waals surface area contributed by atoms with Gasteiger partial charge in [-0.15, -0.1) is 0 Å². The molecule has 0 N–H and O–H groups in total. The number of ether oxygens (including phenoxy) is 3. The van der Waals surface area contributed by atoms with Gasteiger partial charge in [-0.2, -0.15) is 0 Å². The van der Waals surface area contributed by atoms with Crippen LogP contribution in [0.2, 0.25) is 0 Å². The third-order valence-electron chi connectivity index (χ3n) is 5.45. The number of fused-ring (bicyclic) bond motifs is 2. The average Bonchev–Trinajstić information content (AvgIpc) is 3.21. The maximum absolute atomic E-state index is 12.4. The Morgan fingerprint density at radius 3 is 3.05 bits per heavy atom. The van der Waals surface area contributed by atoms with Gasteiger partial charge in [-0.25, -0.2) is 0 Å². The van der Waals surface area contributed by atoms with Crippen molar-refractivity contribution in [2.24, 2.45) is 11.8 Å². The van der Waals surface area contributed by atoms with E-state index >= 15 is 0 Å². The first-order chi connectivity index (χ1) is 9.07. The Morgan fingerprint density at radius 1 is 1.37 bits per heavy atom. The van der Waals surface area contributed by atoms with Crippen LogP contribution in [0.3, 0.4) is 0 Å². The van der Waals surface area contributed by atoms with Crippen LogP contribution >= 0.6 is 0 Å². The number of epoxide rings is 2. The quantitative estimate of drug-likeness (QED) is 0.567. The number of carbonyl (C=O) groups excluding carboxylic acids is 1. The van der Waals surface area contributed by atoms with Crippen molar-refractivity contribution in [3.05, 3.63) is 0 Å². The molecule has 106 valence electrons. The number of rotatable bonds is 2. The maximum Gasteiger partial charge on any atom is 0.309 e. The Bertz CT molecular complexity index is 409. The second-order valence-corrected chi connectivity index (χ2v) is 6.99. The highest BCUT2D eigenvalue weighted by Gasteiger charge is 2.59. The summed E-state index contributed by atoms with van der Waals surface area (Å²) < 4.78 is 17.0. The lowest BCUT2D eigenvalue weighted by molar-refractivity contribution is -0.158. The smallest absolute Gasteiger partial charge is 0.309 e. The molecule has 2 saturated carbocycles. The predicted octanol–water partition coefficient (Wildman–Crippen LogP) is 2.05. The average molecular weight is 266 g/mol. The van der Waals surface area contributed by atoms with E-state index in [0.717, 1.165) is 32.1 Å². The van der Waals surface area contributed by atoms with Crippen LogP contribution in [0, 0.1) is 11.8 Å². The van der Waals surface area contributed by atoms with Crippen molar-refractivity contribution >= 4 is 5.97 Å². The molecular weight excluding hydrogens is 244 g/mol. The van der Waals surface area contributed by atoms with Gasteiger partial charge < -0.3 is 14.2 Å². The minimum Gasteiger partial charge on any atom is -0.459 e. The second-order valence-electron chi connectivity index (χ2n) is 6.99. The van der Waals surface area contributed by atoms with Crippen molar-refractivity contribution in [1.82, 2.24) is 0 Å². The van der Waals surface area contributed by atoms with Crippen LogP contribution in [0.25, 0.3) is 0 Å². The first-order valence-corrected chi connectivity index (χ1v) is 7.60. The van der Waals surface area contributed by atoms with E-state index in [0.29, 0.717) is 12.0 Å². The van der Waals surface area contributed by atoms with Crippen LogP contribution in [0.5, 0.6) is 0 Å². The molecule has 0 amide bonds. The first-order valence-electron chi connectivity index (χ1n) is 7.60. The van der Waals surface area contributed by atoms with Gasteiger partial charge in [0.05, 0.1) is 23.7 Å². The van der Waals surface area contributed by atoms with Crippen LogP contribution < -0.4 is 0 Å². The van der Waals surface area contributed by atoms with Gasteiger partial charge in [0.2, 0.25) is 0 Å². The summed E-state index contributed by atoms with van der Waals surface area (Å²) in [6, 6.07) is 0. The highest BCUT2D eigenvalue weighted by Crippen LogP contribution is 2.52. The summed E-state index contributed by atoms with van der Waals surface area (Å²) >= 11 is 0. The summed E-state index contributed by atoms with van der Waals surface area (Å²) in [7, 11) is 0. The van der Waals surface area contributed by atoms with Crippen LogP contribution in [-0.4, -0.2) is 36.0 Å². The van der Waals surface area contributed by atoms with Crippen molar-refractivity contribution < 1.29 is 19.0 Å². The van der Waals surface area contributed by atoms with Crippen molar-refractivity contribution in [3.63, 3.8) is 0 Å². The van der Waals surface area contributed by atoms with Gasteiger partial charge in [-0.3, -0.25) is 4.79 Å². The second kappa shape index (κ2) is 3.95. The van der Waals surface area contributed by atoms with Crippen LogP contribution in [0.4, 0.5) is 0 Å². The van der Waals surface area contributed by atoms with E-state index in [9.17, 15) is 4.79 Å². The molecule has 2 aliphatic heterocycles. The van der Waals surface area contributed by atoms with Crippen molar-refractivity contribution in [1.29, 1.82) is 0 Å². The Hall–Kier alpha value is -0.610. The fourth-order valence-corrected chi connectivity index (χ4v) is 4.10. The fraction of sp³-hybridized carbons (Fsp3) is 0.933. The molecule has 4 nitrogen and oxygen atoms in total. The summed E-state index contributed by atoms with van der Waals surface area (Å²) in [6.07, 6.45) is 5.86. The lowest BCUT2D eigenvalue weighted by Gasteiger charge is -2.29. The summed E-state index contributed by atoms with van der Waals surface area (Å²) in [4.78, 5) is 12.4. The molecule has 0 aromatic rings. The van der Waals surface area contributed by atoms with Gasteiger partial charge >= 0.3 is 5.97 Å². The first kappa shape index (κ1) is 12.2. The van der Waals surface area contributed by atoms with Gasteiger partial charge in [-0.1, -0.05) is 6.92 Å². The number of hydrogen-bond donors (Lipinski definition) is 0. The Balaban J connectivity index is 1.38. The lowest BCUT2D eigenvalue weighted by atomic mass is 9.75. The Labute approximate surface area is 113 Å². The molecule has 7 atom stereocenters. The van der Waals surface area contributed by atoms with E-state index in [-0.39, 0.29) is 35.8 Å². The molecule has 4 aliphatic rings. The third-order valence-corrected chi connectivity index (χ3v) is 5.45. The number of esters is 1. The SMILES string of the molecule is CC1CC2(C)OC2CC1C(=O)OC1CCCC2OC12. The number of carbonyl (C=O) groups is 1. The van der Waals surface area contributed by atoms with E-state index < -0.39 is 0 Å². The summed E-state index contributed by atoms with van der Waals surface area (Å²) in [5.74, 6) is 0.349. The zero-order valence-corrected chi connectivity index (χ0v) is 11.6. The van der Waals surface area contributed by atoms with E-state index in [1.54, 1.807) is 0 Å². The maximum atomic E-state index is 12.4. The Morgan fingerprint density at radius 2 is 2.21 bits per heavy atom. The molecule has 7 unspecified atom stereocenters. The molecule has 0 bridgehead atoms. The summed E-state index contributed by atoms with van der Waals surface area (Å²) in [5, 5.41) is 0. The summed E-state index contributed by atoms with van der Waals surface area (Å²) in [5.41, 5.74) is 0.0474. The van der Waals surface area contributed by atoms with Gasteiger partial charge in [0.15, 0.2) is 0 Å². The van der Waals surface area contributed by atoms with Gasteiger partial charge in [-0.05, 0) is 44.9 Å². The highest BCUT2D eigenvalue weighted by atomic mass is 16.6. The van der Waals surface area contributed by atoms with Crippen LogP contribution in [0.15, 0.2) is 0 Å². The normalized spacial score (nSPS) is 54.8. The highest BCUT2D eigenvalue weighted by molar-refractivity contribution is 5.73. The summed E-state index contributed by atoms with van der Waals surface area (Å²) in [6.45, 7) is 4.30. The molecule has 0 aromatic carbocycles. The Kier molecular flexibility index (Phi) is 2.53. The predicted molar refractivity (Wildman–Crippen MR) is 67.6 cm³/mol. The molecule has 0 radical (unpaired) electrons. The van der Waals surface area contributed by atoms with E-state index in [2.05, 4.69) is 13.8 Å². The lowest BCUT2D eigenvalue weighted by Crippen LogP contribution is -2.37.